The Kier molecular flexibility index (Phi) is 4.31. The molecule has 25 heavy (non-hydrogen) atoms. The van der Waals surface area contributed by atoms with Gasteiger partial charge in [0.05, 0.1) is 17.8 Å². The molecule has 0 saturated carbocycles. The molecule has 2 aliphatic heterocycles. The Morgan fingerprint density at radius 1 is 1.12 bits per heavy atom. The van der Waals surface area contributed by atoms with Gasteiger partial charge in [-0.2, -0.15) is 0 Å². The van der Waals surface area contributed by atoms with Crippen LogP contribution in [0.2, 0.25) is 0 Å². The summed E-state index contributed by atoms with van der Waals surface area (Å²) in [7, 11) is 0. The first-order chi connectivity index (χ1) is 12.1. The number of aliphatic hydroxyl groups is 1. The van der Waals surface area contributed by atoms with E-state index in [2.05, 4.69) is 5.01 Å². The molecular formula is C19H22N4OS. The summed E-state index contributed by atoms with van der Waals surface area (Å²) in [5.41, 5.74) is 2.59. The Balaban J connectivity index is 1.63. The molecule has 2 aromatic rings. The van der Waals surface area contributed by atoms with Gasteiger partial charge in [0.15, 0.2) is 0 Å². The fourth-order valence-electron chi connectivity index (χ4n) is 3.52. The number of aromatic nitrogens is 1. The minimum Gasteiger partial charge on any atom is -0.509 e. The molecular weight excluding hydrogens is 332 g/mol. The first-order valence-corrected chi connectivity index (χ1v) is 9.53. The quantitative estimate of drug-likeness (QED) is 0.872. The van der Waals surface area contributed by atoms with E-state index in [-0.39, 0.29) is 5.76 Å². The smallest absolute Gasteiger partial charge is 0.149 e. The lowest BCUT2D eigenvalue weighted by Crippen LogP contribution is -2.46. The van der Waals surface area contributed by atoms with Crippen LogP contribution in [0, 0.1) is 12.3 Å². The van der Waals surface area contributed by atoms with Crippen LogP contribution in [0.3, 0.4) is 0 Å². The summed E-state index contributed by atoms with van der Waals surface area (Å²) < 4.78 is 0. The highest BCUT2D eigenvalue weighted by atomic mass is 32.1. The van der Waals surface area contributed by atoms with Crippen molar-refractivity contribution >= 4 is 22.7 Å². The maximum absolute atomic E-state index is 10.5. The monoisotopic (exact) mass is 354 g/mol. The van der Waals surface area contributed by atoms with Crippen LogP contribution >= 0.6 is 11.3 Å². The van der Waals surface area contributed by atoms with E-state index < -0.39 is 0 Å². The fourth-order valence-corrected chi connectivity index (χ4v) is 4.52. The summed E-state index contributed by atoms with van der Waals surface area (Å²) in [5.74, 6) is 0.622. The lowest BCUT2D eigenvalue weighted by Gasteiger charge is -2.35. The predicted octanol–water partition coefficient (Wildman–Crippen LogP) is 4.08. The zero-order valence-electron chi connectivity index (χ0n) is 14.3. The van der Waals surface area contributed by atoms with Gasteiger partial charge in [-0.15, -0.1) is 11.3 Å². The molecule has 0 atom stereocenters. The van der Waals surface area contributed by atoms with E-state index in [9.17, 15) is 5.11 Å². The first-order valence-electron chi connectivity index (χ1n) is 8.72. The summed E-state index contributed by atoms with van der Waals surface area (Å²) in [6.07, 6.45) is 3.54. The van der Waals surface area contributed by atoms with Gasteiger partial charge in [-0.05, 0) is 19.8 Å². The maximum atomic E-state index is 10.5. The molecule has 6 heteroatoms. The molecule has 1 aromatic carbocycles. The third-order valence-electron chi connectivity index (χ3n) is 4.81. The van der Waals surface area contributed by atoms with Crippen molar-refractivity contribution in [3.8, 4) is 11.3 Å². The molecule has 1 saturated heterocycles. The summed E-state index contributed by atoms with van der Waals surface area (Å²) >= 11 is 1.55. The van der Waals surface area contributed by atoms with E-state index in [1.54, 1.807) is 11.3 Å². The average molecular weight is 354 g/mol. The van der Waals surface area contributed by atoms with Crippen LogP contribution in [0.1, 0.15) is 29.1 Å². The number of aryl methyl sites for hydroxylation is 1. The molecule has 3 heterocycles. The van der Waals surface area contributed by atoms with Crippen LogP contribution < -0.4 is 0 Å². The third-order valence-corrected chi connectivity index (χ3v) is 5.80. The molecule has 4 rings (SSSR count). The standard InChI is InChI=1S/C19H22N4OS/c1-13-17(14-8-4-2-5-9-14)21-19(25-13)16-15(24)12-23(18(16)20)22-10-6-3-7-11-22/h2,4-5,8-9,20,24H,3,6-7,10-12H2,1H3. The highest BCUT2D eigenvalue weighted by Crippen LogP contribution is 2.35. The van der Waals surface area contributed by atoms with Crippen molar-refractivity contribution in [2.75, 3.05) is 19.6 Å². The van der Waals surface area contributed by atoms with Crippen LogP contribution in [0.15, 0.2) is 36.1 Å². The number of nitrogens with one attached hydrogen (secondary N) is 1. The number of thiazole rings is 1. The van der Waals surface area contributed by atoms with Gasteiger partial charge < -0.3 is 5.11 Å². The summed E-state index contributed by atoms with van der Waals surface area (Å²) in [6.45, 7) is 4.33. The van der Waals surface area contributed by atoms with E-state index in [4.69, 9.17) is 10.4 Å². The lowest BCUT2D eigenvalue weighted by atomic mass is 10.1. The number of hydrazine groups is 1. The van der Waals surface area contributed by atoms with Crippen LogP contribution in [0.5, 0.6) is 0 Å². The second kappa shape index (κ2) is 6.61. The van der Waals surface area contributed by atoms with E-state index in [0.29, 0.717) is 18.0 Å². The third kappa shape index (κ3) is 2.96. The molecule has 2 aliphatic rings. The molecule has 2 N–H and O–H groups in total. The van der Waals surface area contributed by atoms with Crippen molar-refractivity contribution in [2.45, 2.75) is 26.2 Å². The first kappa shape index (κ1) is 16.3. The van der Waals surface area contributed by atoms with Crippen molar-refractivity contribution in [1.29, 1.82) is 5.41 Å². The number of hydrogen-bond acceptors (Lipinski definition) is 5. The van der Waals surface area contributed by atoms with E-state index in [1.165, 1.54) is 6.42 Å². The molecule has 0 amide bonds. The predicted molar refractivity (Wildman–Crippen MR) is 102 cm³/mol. The van der Waals surface area contributed by atoms with E-state index in [0.717, 1.165) is 47.1 Å². The number of rotatable bonds is 3. The Hall–Kier alpha value is -2.18. The Labute approximate surface area is 151 Å². The fraction of sp³-hybridized carbons (Fsp3) is 0.368. The van der Waals surface area contributed by atoms with Gasteiger partial charge in [-0.25, -0.2) is 9.99 Å². The van der Waals surface area contributed by atoms with Crippen LogP contribution in [0.25, 0.3) is 16.8 Å². The zero-order chi connectivity index (χ0) is 17.4. The Bertz CT molecular complexity index is 821. The Morgan fingerprint density at radius 3 is 2.56 bits per heavy atom. The molecule has 0 aliphatic carbocycles. The lowest BCUT2D eigenvalue weighted by molar-refractivity contribution is 0.0312. The van der Waals surface area contributed by atoms with E-state index in [1.807, 2.05) is 42.3 Å². The van der Waals surface area contributed by atoms with Gasteiger partial charge in [0, 0.05) is 23.5 Å². The van der Waals surface area contributed by atoms with Crippen molar-refractivity contribution in [3.05, 3.63) is 46.0 Å². The number of nitrogens with zero attached hydrogens (tertiary/aromatic N) is 3. The van der Waals surface area contributed by atoms with Crippen molar-refractivity contribution in [2.24, 2.45) is 0 Å². The van der Waals surface area contributed by atoms with Gasteiger partial charge in [-0.3, -0.25) is 10.4 Å². The molecule has 1 fully saturated rings. The summed E-state index contributed by atoms with van der Waals surface area (Å²) in [4.78, 5) is 5.86. The SMILES string of the molecule is Cc1sc(C2=C(O)CN(N3CCCCC3)C2=N)nc1-c1ccccc1. The van der Waals surface area contributed by atoms with Gasteiger partial charge in [0.25, 0.3) is 0 Å². The van der Waals surface area contributed by atoms with Crippen molar-refractivity contribution in [3.63, 3.8) is 0 Å². The maximum Gasteiger partial charge on any atom is 0.149 e. The highest BCUT2D eigenvalue weighted by Gasteiger charge is 2.34. The largest absolute Gasteiger partial charge is 0.509 e. The highest BCUT2D eigenvalue weighted by molar-refractivity contribution is 7.13. The second-order valence-corrected chi connectivity index (χ2v) is 7.74. The zero-order valence-corrected chi connectivity index (χ0v) is 15.1. The number of piperidine rings is 1. The molecule has 0 unspecified atom stereocenters. The Morgan fingerprint density at radius 2 is 1.84 bits per heavy atom. The van der Waals surface area contributed by atoms with Gasteiger partial charge in [-0.1, -0.05) is 36.8 Å². The van der Waals surface area contributed by atoms with Crippen LogP contribution in [-0.2, 0) is 0 Å². The number of benzene rings is 1. The van der Waals surface area contributed by atoms with Gasteiger partial charge >= 0.3 is 0 Å². The molecule has 130 valence electrons. The van der Waals surface area contributed by atoms with Crippen LogP contribution in [0.4, 0.5) is 0 Å². The number of amidine groups is 1. The molecule has 0 bridgehead atoms. The minimum absolute atomic E-state index is 0.254. The van der Waals surface area contributed by atoms with Gasteiger partial charge in [0.1, 0.15) is 16.6 Å². The van der Waals surface area contributed by atoms with Gasteiger partial charge in [0.2, 0.25) is 0 Å². The van der Waals surface area contributed by atoms with Crippen molar-refractivity contribution < 1.29 is 5.11 Å². The molecule has 0 spiro atoms. The molecule has 5 nitrogen and oxygen atoms in total. The molecule has 1 aromatic heterocycles. The normalized spacial score (nSPS) is 19.1. The second-order valence-electron chi connectivity index (χ2n) is 6.53. The summed E-state index contributed by atoms with van der Waals surface area (Å²) in [5, 5.41) is 23.9. The average Bonchev–Trinajstić information content (AvgIpc) is 3.16. The summed E-state index contributed by atoms with van der Waals surface area (Å²) in [6, 6.07) is 10.1. The molecule has 0 radical (unpaired) electrons. The van der Waals surface area contributed by atoms with E-state index >= 15 is 0 Å². The topological polar surface area (TPSA) is 63.5 Å². The minimum atomic E-state index is 0.254. The number of aliphatic hydroxyl groups excluding tert-OH is 1. The number of hydrogen-bond donors (Lipinski definition) is 2. The van der Waals surface area contributed by atoms with Crippen LogP contribution in [-0.4, -0.2) is 45.6 Å². The van der Waals surface area contributed by atoms with Crippen molar-refractivity contribution in [1.82, 2.24) is 15.0 Å².